The molecule has 3 aromatic rings. The van der Waals surface area contributed by atoms with Crippen LogP contribution < -0.4 is 10.9 Å². The molecule has 0 radical (unpaired) electrons. The normalized spacial score (nSPS) is 13.8. The van der Waals surface area contributed by atoms with Gasteiger partial charge in [-0.05, 0) is 37.5 Å². The minimum atomic E-state index is -0.157. The lowest BCUT2D eigenvalue weighted by Gasteiger charge is -2.07. The molecule has 7 nitrogen and oxygen atoms in total. The number of amides is 1. The molecule has 0 spiro atoms. The lowest BCUT2D eigenvalue weighted by Crippen LogP contribution is -2.25. The van der Waals surface area contributed by atoms with Crippen molar-refractivity contribution in [1.29, 1.82) is 0 Å². The van der Waals surface area contributed by atoms with E-state index in [9.17, 15) is 9.59 Å². The third-order valence-corrected chi connectivity index (χ3v) is 4.85. The van der Waals surface area contributed by atoms with Crippen molar-refractivity contribution in [2.45, 2.75) is 25.8 Å². The molecule has 1 aliphatic rings. The average molecular weight is 372 g/mol. The van der Waals surface area contributed by atoms with E-state index in [-0.39, 0.29) is 17.5 Å². The molecule has 1 amide bonds. The van der Waals surface area contributed by atoms with Gasteiger partial charge < -0.3 is 5.32 Å². The zero-order valence-electron chi connectivity index (χ0n) is 14.4. The number of halogens is 1. The molecule has 134 valence electrons. The lowest BCUT2D eigenvalue weighted by molar-refractivity contribution is 0.0951. The standard InChI is InChI=1S/C18H18ClN5O2/c1-10-16(25)22-23(2)18(10)24-9-12(8-20-24)11-3-6-15(19)14(7-11)17(26)21-13-4-5-13/h3,6-9,13H,4-5H2,1-2H3,(H,21,26)(H,22,25). The van der Waals surface area contributed by atoms with E-state index in [1.165, 1.54) is 0 Å². The number of benzene rings is 1. The Bertz CT molecular complexity index is 1060. The average Bonchev–Trinajstić information content (AvgIpc) is 3.21. The number of aryl methyl sites for hydroxylation is 1. The highest BCUT2D eigenvalue weighted by Crippen LogP contribution is 2.27. The summed E-state index contributed by atoms with van der Waals surface area (Å²) < 4.78 is 3.27. The van der Waals surface area contributed by atoms with Crippen molar-refractivity contribution < 1.29 is 4.79 Å². The number of nitrogens with zero attached hydrogens (tertiary/aromatic N) is 3. The first-order valence-electron chi connectivity index (χ1n) is 8.35. The van der Waals surface area contributed by atoms with Gasteiger partial charge in [-0.25, -0.2) is 4.68 Å². The molecule has 2 N–H and O–H groups in total. The number of H-pyrrole nitrogens is 1. The van der Waals surface area contributed by atoms with Crippen LogP contribution in [0, 0.1) is 6.92 Å². The summed E-state index contributed by atoms with van der Waals surface area (Å²) in [5.74, 6) is 0.512. The van der Waals surface area contributed by atoms with Crippen LogP contribution in [0.1, 0.15) is 28.8 Å². The van der Waals surface area contributed by atoms with Gasteiger partial charge in [0.15, 0.2) is 5.82 Å². The molecule has 2 aromatic heterocycles. The number of rotatable bonds is 4. The first kappa shape index (κ1) is 16.7. The van der Waals surface area contributed by atoms with Crippen LogP contribution >= 0.6 is 11.6 Å². The maximum Gasteiger partial charge on any atom is 0.269 e. The monoisotopic (exact) mass is 371 g/mol. The molecule has 0 atom stereocenters. The Morgan fingerprint density at radius 2 is 2.12 bits per heavy atom. The van der Waals surface area contributed by atoms with Crippen LogP contribution in [-0.4, -0.2) is 31.5 Å². The molecule has 8 heteroatoms. The SMILES string of the molecule is Cc1c(-n2cc(-c3ccc(Cl)c(C(=O)NC4CC4)c3)cn2)n(C)[nH]c1=O. The number of aromatic nitrogens is 4. The van der Waals surface area contributed by atoms with Gasteiger partial charge >= 0.3 is 0 Å². The van der Waals surface area contributed by atoms with E-state index in [1.807, 2.05) is 12.3 Å². The smallest absolute Gasteiger partial charge is 0.269 e. The molecule has 26 heavy (non-hydrogen) atoms. The molecule has 1 fully saturated rings. The Balaban J connectivity index is 1.69. The van der Waals surface area contributed by atoms with Gasteiger partial charge in [0.1, 0.15) is 0 Å². The summed E-state index contributed by atoms with van der Waals surface area (Å²) in [6.07, 6.45) is 5.55. The third-order valence-electron chi connectivity index (χ3n) is 4.52. The van der Waals surface area contributed by atoms with Gasteiger partial charge in [0.25, 0.3) is 11.5 Å². The van der Waals surface area contributed by atoms with Crippen LogP contribution in [0.15, 0.2) is 35.4 Å². The summed E-state index contributed by atoms with van der Waals surface area (Å²) >= 11 is 6.20. The summed E-state index contributed by atoms with van der Waals surface area (Å²) in [6.45, 7) is 1.75. The van der Waals surface area contributed by atoms with Crippen LogP contribution in [0.3, 0.4) is 0 Å². The van der Waals surface area contributed by atoms with Gasteiger partial charge in [0, 0.05) is 24.8 Å². The Hall–Kier alpha value is -2.80. The highest BCUT2D eigenvalue weighted by Gasteiger charge is 2.25. The lowest BCUT2D eigenvalue weighted by atomic mass is 10.1. The molecule has 0 bridgehead atoms. The van der Waals surface area contributed by atoms with E-state index in [0.29, 0.717) is 22.0 Å². The minimum Gasteiger partial charge on any atom is -0.349 e. The van der Waals surface area contributed by atoms with Crippen molar-refractivity contribution in [1.82, 2.24) is 24.9 Å². The Morgan fingerprint density at radius 3 is 2.77 bits per heavy atom. The Morgan fingerprint density at radius 1 is 1.35 bits per heavy atom. The number of hydrogen-bond acceptors (Lipinski definition) is 3. The molecule has 2 heterocycles. The predicted molar refractivity (Wildman–Crippen MR) is 98.8 cm³/mol. The zero-order valence-corrected chi connectivity index (χ0v) is 15.2. The number of carbonyl (C=O) groups is 1. The number of hydrogen-bond donors (Lipinski definition) is 2. The predicted octanol–water partition coefficient (Wildman–Crippen LogP) is 2.42. The fourth-order valence-corrected chi connectivity index (χ4v) is 3.13. The van der Waals surface area contributed by atoms with Crippen molar-refractivity contribution in [2.75, 3.05) is 0 Å². The molecular formula is C18H18ClN5O2. The van der Waals surface area contributed by atoms with Gasteiger partial charge in [-0.2, -0.15) is 5.10 Å². The van der Waals surface area contributed by atoms with Gasteiger partial charge in [0.05, 0.1) is 22.3 Å². The van der Waals surface area contributed by atoms with E-state index in [4.69, 9.17) is 11.6 Å². The largest absolute Gasteiger partial charge is 0.349 e. The molecule has 1 aromatic carbocycles. The topological polar surface area (TPSA) is 84.7 Å². The van der Waals surface area contributed by atoms with Crippen molar-refractivity contribution in [3.63, 3.8) is 0 Å². The Labute approximate surface area is 154 Å². The molecule has 0 aliphatic heterocycles. The maximum absolute atomic E-state index is 12.4. The van der Waals surface area contributed by atoms with E-state index < -0.39 is 0 Å². The van der Waals surface area contributed by atoms with E-state index in [2.05, 4.69) is 15.5 Å². The van der Waals surface area contributed by atoms with Gasteiger partial charge in [-0.15, -0.1) is 0 Å². The second kappa shape index (κ2) is 6.17. The maximum atomic E-state index is 12.4. The molecule has 0 unspecified atom stereocenters. The summed E-state index contributed by atoms with van der Waals surface area (Å²) in [5, 5.41) is 10.4. The quantitative estimate of drug-likeness (QED) is 0.738. The van der Waals surface area contributed by atoms with Crippen molar-refractivity contribution in [3.05, 3.63) is 57.1 Å². The number of nitrogens with one attached hydrogen (secondary N) is 2. The fraction of sp³-hybridized carbons (Fsp3) is 0.278. The number of carbonyl (C=O) groups excluding carboxylic acids is 1. The van der Waals surface area contributed by atoms with Gasteiger partial charge in [0.2, 0.25) is 0 Å². The minimum absolute atomic E-state index is 0.148. The summed E-state index contributed by atoms with van der Waals surface area (Å²) in [6, 6.07) is 5.60. The summed E-state index contributed by atoms with van der Waals surface area (Å²) in [5.41, 5.74) is 2.55. The van der Waals surface area contributed by atoms with Crippen LogP contribution in [0.4, 0.5) is 0 Å². The Kier molecular flexibility index (Phi) is 3.96. The molecule has 4 rings (SSSR count). The highest BCUT2D eigenvalue weighted by atomic mass is 35.5. The van der Waals surface area contributed by atoms with Crippen LogP contribution in [0.2, 0.25) is 5.02 Å². The zero-order chi connectivity index (χ0) is 18.4. The second-order valence-corrected chi connectivity index (χ2v) is 6.97. The summed E-state index contributed by atoms with van der Waals surface area (Å²) in [4.78, 5) is 24.1. The third kappa shape index (κ3) is 2.94. The molecular weight excluding hydrogens is 354 g/mol. The van der Waals surface area contributed by atoms with E-state index in [1.54, 1.807) is 41.7 Å². The highest BCUT2D eigenvalue weighted by molar-refractivity contribution is 6.34. The van der Waals surface area contributed by atoms with Gasteiger partial charge in [-0.1, -0.05) is 17.7 Å². The molecule has 1 saturated carbocycles. The van der Waals surface area contributed by atoms with E-state index in [0.717, 1.165) is 24.0 Å². The van der Waals surface area contributed by atoms with E-state index >= 15 is 0 Å². The van der Waals surface area contributed by atoms with Gasteiger partial charge in [-0.3, -0.25) is 19.4 Å². The van der Waals surface area contributed by atoms with Crippen LogP contribution in [0.5, 0.6) is 0 Å². The first-order chi connectivity index (χ1) is 12.4. The first-order valence-corrected chi connectivity index (χ1v) is 8.73. The number of aromatic amines is 1. The van der Waals surface area contributed by atoms with Crippen LogP contribution in [-0.2, 0) is 7.05 Å². The van der Waals surface area contributed by atoms with Crippen molar-refractivity contribution in [3.8, 4) is 16.9 Å². The molecule has 0 saturated heterocycles. The van der Waals surface area contributed by atoms with Crippen molar-refractivity contribution in [2.24, 2.45) is 7.05 Å². The second-order valence-electron chi connectivity index (χ2n) is 6.56. The van der Waals surface area contributed by atoms with Crippen molar-refractivity contribution >= 4 is 17.5 Å². The molecule has 1 aliphatic carbocycles. The summed E-state index contributed by atoms with van der Waals surface area (Å²) in [7, 11) is 1.76. The fourth-order valence-electron chi connectivity index (χ4n) is 2.93. The van der Waals surface area contributed by atoms with Crippen LogP contribution in [0.25, 0.3) is 16.9 Å².